The van der Waals surface area contributed by atoms with E-state index in [1.165, 1.54) is 19.2 Å². The average molecular weight is 285 g/mol. The van der Waals surface area contributed by atoms with E-state index in [1.54, 1.807) is 12.3 Å². The first-order valence-electron chi connectivity index (χ1n) is 7.02. The minimum atomic E-state index is -0.539. The number of aryl methyl sites for hydroxylation is 1. The zero-order chi connectivity index (χ0) is 14.8. The number of ketones is 1. The highest BCUT2D eigenvalue weighted by atomic mass is 19.1. The minimum Gasteiger partial charge on any atom is -0.497 e. The third-order valence-electron chi connectivity index (χ3n) is 3.95. The molecule has 1 unspecified atom stereocenters. The molecule has 0 radical (unpaired) electrons. The molecular weight excluding hydrogens is 269 g/mol. The third-order valence-corrected chi connectivity index (χ3v) is 3.95. The van der Waals surface area contributed by atoms with Gasteiger partial charge in [-0.15, -0.1) is 0 Å². The van der Waals surface area contributed by atoms with Crippen molar-refractivity contribution in [2.45, 2.75) is 25.2 Å². The molecule has 21 heavy (non-hydrogen) atoms. The van der Waals surface area contributed by atoms with Crippen LogP contribution in [-0.4, -0.2) is 17.9 Å². The zero-order valence-corrected chi connectivity index (χ0v) is 11.8. The summed E-state index contributed by atoms with van der Waals surface area (Å²) >= 11 is 0. The van der Waals surface area contributed by atoms with Gasteiger partial charge in [-0.3, -0.25) is 9.78 Å². The van der Waals surface area contributed by atoms with Crippen molar-refractivity contribution in [1.29, 1.82) is 0 Å². The van der Waals surface area contributed by atoms with E-state index in [4.69, 9.17) is 4.74 Å². The normalized spacial score (nSPS) is 17.1. The quantitative estimate of drug-likeness (QED) is 0.810. The number of rotatable bonds is 3. The molecule has 1 heterocycles. The number of Topliss-reactive ketones (excluding diaryl/α,β-unsaturated/α-hetero) is 1. The van der Waals surface area contributed by atoms with Crippen molar-refractivity contribution < 1.29 is 13.9 Å². The van der Waals surface area contributed by atoms with Gasteiger partial charge < -0.3 is 4.74 Å². The number of ether oxygens (including phenoxy) is 1. The number of hydrogen-bond donors (Lipinski definition) is 0. The molecule has 0 fully saturated rings. The number of fused-ring (bicyclic) bond motifs is 1. The molecule has 0 bridgehead atoms. The van der Waals surface area contributed by atoms with E-state index in [2.05, 4.69) is 4.98 Å². The molecule has 2 aromatic rings. The Morgan fingerprint density at radius 3 is 3.00 bits per heavy atom. The Labute approximate surface area is 122 Å². The number of carbonyl (C=O) groups excluding carboxylic acids is 1. The van der Waals surface area contributed by atoms with Gasteiger partial charge in [-0.1, -0.05) is 6.07 Å². The van der Waals surface area contributed by atoms with Gasteiger partial charge in [0.1, 0.15) is 11.6 Å². The lowest BCUT2D eigenvalue weighted by Crippen LogP contribution is -2.21. The van der Waals surface area contributed by atoms with Crippen molar-refractivity contribution in [2.24, 2.45) is 0 Å². The predicted molar refractivity (Wildman–Crippen MR) is 77.2 cm³/mol. The van der Waals surface area contributed by atoms with Crippen LogP contribution in [0.2, 0.25) is 0 Å². The first kappa shape index (κ1) is 13.7. The number of benzene rings is 1. The number of hydrogen-bond acceptors (Lipinski definition) is 3. The fourth-order valence-corrected chi connectivity index (χ4v) is 2.87. The minimum absolute atomic E-state index is 0.110. The van der Waals surface area contributed by atoms with Crippen LogP contribution in [0.5, 0.6) is 5.75 Å². The first-order chi connectivity index (χ1) is 10.2. The number of halogens is 1. The number of pyridine rings is 1. The van der Waals surface area contributed by atoms with E-state index in [0.29, 0.717) is 12.2 Å². The third kappa shape index (κ3) is 2.53. The van der Waals surface area contributed by atoms with Crippen LogP contribution in [0.15, 0.2) is 36.5 Å². The van der Waals surface area contributed by atoms with E-state index in [9.17, 15) is 9.18 Å². The molecule has 1 aliphatic carbocycles. The largest absolute Gasteiger partial charge is 0.497 e. The maximum atomic E-state index is 14.1. The zero-order valence-electron chi connectivity index (χ0n) is 11.8. The van der Waals surface area contributed by atoms with Gasteiger partial charge in [0, 0.05) is 12.3 Å². The Morgan fingerprint density at radius 1 is 1.38 bits per heavy atom. The molecule has 1 aromatic heterocycles. The summed E-state index contributed by atoms with van der Waals surface area (Å²) in [6.45, 7) is 0. The summed E-state index contributed by atoms with van der Waals surface area (Å²) in [6, 6.07) is 8.22. The van der Waals surface area contributed by atoms with Gasteiger partial charge >= 0.3 is 0 Å². The van der Waals surface area contributed by atoms with Crippen LogP contribution in [0.25, 0.3) is 0 Å². The molecule has 0 aliphatic heterocycles. The fourth-order valence-electron chi connectivity index (χ4n) is 2.87. The number of aromatic nitrogens is 1. The summed E-state index contributed by atoms with van der Waals surface area (Å²) in [4.78, 5) is 17.0. The van der Waals surface area contributed by atoms with Gasteiger partial charge in [0.15, 0.2) is 5.78 Å². The molecule has 0 amide bonds. The molecule has 0 saturated heterocycles. The van der Waals surface area contributed by atoms with E-state index < -0.39 is 5.82 Å². The van der Waals surface area contributed by atoms with Gasteiger partial charge in [-0.2, -0.15) is 0 Å². The maximum absolute atomic E-state index is 14.1. The van der Waals surface area contributed by atoms with E-state index in [-0.39, 0.29) is 17.3 Å². The maximum Gasteiger partial charge on any atom is 0.174 e. The van der Waals surface area contributed by atoms with E-state index in [1.807, 2.05) is 12.1 Å². The van der Waals surface area contributed by atoms with Crippen LogP contribution in [0, 0.1) is 5.82 Å². The summed E-state index contributed by atoms with van der Waals surface area (Å²) in [7, 11) is 1.47. The van der Waals surface area contributed by atoms with Gasteiger partial charge in [0.2, 0.25) is 0 Å². The molecule has 0 saturated carbocycles. The summed E-state index contributed by atoms with van der Waals surface area (Å²) < 4.78 is 19.1. The highest BCUT2D eigenvalue weighted by Crippen LogP contribution is 2.33. The second kappa shape index (κ2) is 5.64. The van der Waals surface area contributed by atoms with Crippen LogP contribution in [0.4, 0.5) is 4.39 Å². The molecule has 1 atom stereocenters. The monoisotopic (exact) mass is 285 g/mol. The Hall–Kier alpha value is -2.23. The molecule has 1 aromatic carbocycles. The van der Waals surface area contributed by atoms with Gasteiger partial charge in [-0.05, 0) is 43.0 Å². The lowest BCUT2D eigenvalue weighted by Gasteiger charge is -2.23. The Balaban J connectivity index is 1.97. The smallest absolute Gasteiger partial charge is 0.174 e. The van der Waals surface area contributed by atoms with Gasteiger partial charge in [-0.25, -0.2) is 4.39 Å². The van der Waals surface area contributed by atoms with Crippen molar-refractivity contribution in [2.75, 3.05) is 7.11 Å². The van der Waals surface area contributed by atoms with Crippen LogP contribution in [0.3, 0.4) is 0 Å². The summed E-state index contributed by atoms with van der Waals surface area (Å²) in [5.41, 5.74) is 2.00. The Bertz CT molecular complexity index is 684. The molecule has 108 valence electrons. The molecule has 3 nitrogen and oxygen atoms in total. The molecular formula is C17H16FNO2. The van der Waals surface area contributed by atoms with Crippen molar-refractivity contribution in [3.8, 4) is 5.75 Å². The summed E-state index contributed by atoms with van der Waals surface area (Å²) in [6.07, 6.45) is 4.26. The Morgan fingerprint density at radius 2 is 2.24 bits per heavy atom. The van der Waals surface area contributed by atoms with Gasteiger partial charge in [0.05, 0.1) is 24.3 Å². The van der Waals surface area contributed by atoms with E-state index in [0.717, 1.165) is 24.1 Å². The van der Waals surface area contributed by atoms with Crippen LogP contribution in [0.1, 0.15) is 40.4 Å². The van der Waals surface area contributed by atoms with Crippen molar-refractivity contribution in [3.05, 3.63) is 59.2 Å². The molecule has 1 aliphatic rings. The lowest BCUT2D eigenvalue weighted by atomic mass is 9.82. The topological polar surface area (TPSA) is 39.2 Å². The highest BCUT2D eigenvalue weighted by Gasteiger charge is 2.29. The standard InChI is InChI=1S/C17H16FNO2/c1-21-12-7-8-13(15(18)10-12)17(20)14-6-2-4-11-5-3-9-19-16(11)14/h3,5,7-10,14H,2,4,6H2,1H3. The van der Waals surface area contributed by atoms with E-state index >= 15 is 0 Å². The predicted octanol–water partition coefficient (Wildman–Crippen LogP) is 3.53. The van der Waals surface area contributed by atoms with Crippen LogP contribution < -0.4 is 4.74 Å². The van der Waals surface area contributed by atoms with Crippen molar-refractivity contribution in [3.63, 3.8) is 0 Å². The van der Waals surface area contributed by atoms with Crippen molar-refractivity contribution >= 4 is 5.78 Å². The van der Waals surface area contributed by atoms with Crippen LogP contribution in [-0.2, 0) is 6.42 Å². The lowest BCUT2D eigenvalue weighted by molar-refractivity contribution is 0.0945. The second-order valence-electron chi connectivity index (χ2n) is 5.20. The second-order valence-corrected chi connectivity index (χ2v) is 5.20. The average Bonchev–Trinajstić information content (AvgIpc) is 2.53. The van der Waals surface area contributed by atoms with Crippen LogP contribution >= 0.6 is 0 Å². The highest BCUT2D eigenvalue weighted by molar-refractivity contribution is 6.01. The molecule has 4 heteroatoms. The number of methoxy groups -OCH3 is 1. The SMILES string of the molecule is COc1ccc(C(=O)C2CCCc3cccnc32)c(F)c1. The first-order valence-corrected chi connectivity index (χ1v) is 7.02. The van der Waals surface area contributed by atoms with Gasteiger partial charge in [0.25, 0.3) is 0 Å². The van der Waals surface area contributed by atoms with Crippen molar-refractivity contribution in [1.82, 2.24) is 4.98 Å². The fraction of sp³-hybridized carbons (Fsp3) is 0.294. The number of carbonyl (C=O) groups is 1. The molecule has 0 N–H and O–H groups in total. The molecule has 0 spiro atoms. The molecule has 3 rings (SSSR count). The Kier molecular flexibility index (Phi) is 3.69. The summed E-state index contributed by atoms with van der Waals surface area (Å²) in [5, 5.41) is 0. The number of nitrogens with zero attached hydrogens (tertiary/aromatic N) is 1. The summed E-state index contributed by atoms with van der Waals surface area (Å²) in [5.74, 6) is -0.679.